The third kappa shape index (κ3) is 4.44. The van der Waals surface area contributed by atoms with Crippen molar-refractivity contribution < 1.29 is 14.1 Å². The van der Waals surface area contributed by atoms with Crippen molar-refractivity contribution in [3.8, 4) is 11.5 Å². The van der Waals surface area contributed by atoms with Crippen LogP contribution >= 0.6 is 0 Å². The Bertz CT molecular complexity index is 859. The van der Waals surface area contributed by atoms with Gasteiger partial charge >= 0.3 is 0 Å². The summed E-state index contributed by atoms with van der Waals surface area (Å²) in [6.07, 6.45) is 1.92. The number of pyridine rings is 1. The number of benzene rings is 2. The Kier molecular flexibility index (Phi) is 5.09. The molecule has 0 unspecified atom stereocenters. The van der Waals surface area contributed by atoms with Crippen molar-refractivity contribution in [1.82, 2.24) is 0 Å². The van der Waals surface area contributed by atoms with Crippen molar-refractivity contribution in [3.05, 3.63) is 84.2 Å². The van der Waals surface area contributed by atoms with E-state index in [1.54, 1.807) is 0 Å². The van der Waals surface area contributed by atoms with Crippen molar-refractivity contribution >= 4 is 11.6 Å². The molecule has 3 aromatic rings. The van der Waals surface area contributed by atoms with Crippen LogP contribution in [0.2, 0.25) is 0 Å². The second-order valence-corrected chi connectivity index (χ2v) is 5.89. The predicted octanol–water partition coefficient (Wildman–Crippen LogP) is 4.02. The van der Waals surface area contributed by atoms with Crippen LogP contribution in [0, 0.1) is 13.8 Å². The summed E-state index contributed by atoms with van der Waals surface area (Å²) in [6.45, 7) is 4.34. The van der Waals surface area contributed by atoms with Gasteiger partial charge in [-0.2, -0.15) is 4.57 Å². The molecular formula is C21H21N2O2+. The van der Waals surface area contributed by atoms with Gasteiger partial charge in [0, 0.05) is 24.2 Å². The Hall–Kier alpha value is -3.14. The van der Waals surface area contributed by atoms with Crippen LogP contribution in [0.4, 0.5) is 5.69 Å². The number of anilines is 1. The number of carbonyl (C=O) groups is 1. The molecule has 0 saturated carbocycles. The Labute approximate surface area is 147 Å². The monoisotopic (exact) mass is 333 g/mol. The van der Waals surface area contributed by atoms with Crippen molar-refractivity contribution in [3.63, 3.8) is 0 Å². The van der Waals surface area contributed by atoms with Gasteiger partial charge in [-0.15, -0.1) is 0 Å². The van der Waals surface area contributed by atoms with Gasteiger partial charge < -0.3 is 10.1 Å². The molecule has 3 rings (SSSR count). The molecule has 0 saturated heterocycles. The first kappa shape index (κ1) is 16.7. The van der Waals surface area contributed by atoms with E-state index >= 15 is 0 Å². The van der Waals surface area contributed by atoms with Crippen molar-refractivity contribution in [2.45, 2.75) is 20.4 Å². The minimum atomic E-state index is -0.0598. The molecule has 1 aromatic heterocycles. The molecule has 1 amide bonds. The summed E-state index contributed by atoms with van der Waals surface area (Å²) in [7, 11) is 0. The Morgan fingerprint density at radius 3 is 2.32 bits per heavy atom. The first-order valence-corrected chi connectivity index (χ1v) is 8.20. The lowest BCUT2D eigenvalue weighted by Crippen LogP contribution is -2.43. The van der Waals surface area contributed by atoms with Crippen LogP contribution < -0.4 is 14.6 Å². The first-order chi connectivity index (χ1) is 12.1. The number of rotatable bonds is 5. The number of nitrogens with one attached hydrogen (secondary N) is 1. The third-order valence-electron chi connectivity index (χ3n) is 4.04. The number of para-hydroxylation sites is 1. The Morgan fingerprint density at radius 1 is 0.920 bits per heavy atom. The maximum Gasteiger partial charge on any atom is 0.290 e. The topological polar surface area (TPSA) is 42.2 Å². The molecule has 0 radical (unpaired) electrons. The van der Waals surface area contributed by atoms with Gasteiger partial charge in [0.15, 0.2) is 11.9 Å². The van der Waals surface area contributed by atoms with E-state index in [9.17, 15) is 4.79 Å². The summed E-state index contributed by atoms with van der Waals surface area (Å²) < 4.78 is 7.69. The largest absolute Gasteiger partial charge is 0.457 e. The van der Waals surface area contributed by atoms with Crippen LogP contribution in [-0.4, -0.2) is 5.91 Å². The minimum Gasteiger partial charge on any atom is -0.457 e. The van der Waals surface area contributed by atoms with E-state index < -0.39 is 0 Å². The molecule has 0 aliphatic rings. The Morgan fingerprint density at radius 2 is 1.60 bits per heavy atom. The van der Waals surface area contributed by atoms with Crippen molar-refractivity contribution in [2.24, 2.45) is 0 Å². The van der Waals surface area contributed by atoms with Crippen LogP contribution in [-0.2, 0) is 11.3 Å². The molecule has 25 heavy (non-hydrogen) atoms. The molecule has 0 atom stereocenters. The van der Waals surface area contributed by atoms with Crippen LogP contribution in [0.25, 0.3) is 0 Å². The van der Waals surface area contributed by atoms with E-state index in [1.807, 2.05) is 91.3 Å². The maximum atomic E-state index is 12.3. The zero-order valence-corrected chi connectivity index (χ0v) is 14.4. The van der Waals surface area contributed by atoms with Crippen LogP contribution in [0.15, 0.2) is 72.9 Å². The van der Waals surface area contributed by atoms with Crippen LogP contribution in [0.1, 0.15) is 11.3 Å². The lowest BCUT2D eigenvalue weighted by atomic mass is 10.2. The lowest BCUT2D eigenvalue weighted by molar-refractivity contribution is -0.690. The molecule has 0 spiro atoms. The molecule has 126 valence electrons. The van der Waals surface area contributed by atoms with Gasteiger partial charge in [0.25, 0.3) is 5.91 Å². The molecule has 4 nitrogen and oxygen atoms in total. The zero-order valence-electron chi connectivity index (χ0n) is 14.4. The fourth-order valence-electron chi connectivity index (χ4n) is 2.51. The summed E-state index contributed by atoms with van der Waals surface area (Å²) in [5.74, 6) is 1.45. The molecular weight excluding hydrogens is 312 g/mol. The van der Waals surface area contributed by atoms with Crippen molar-refractivity contribution in [1.29, 1.82) is 0 Å². The van der Waals surface area contributed by atoms with E-state index in [2.05, 4.69) is 5.32 Å². The zero-order chi connectivity index (χ0) is 17.6. The molecule has 0 aliphatic heterocycles. The molecule has 0 fully saturated rings. The SMILES string of the molecule is Cc1ccc[n+](CC(=O)Nc2ccc(Oc3ccccc3)cc2)c1C. The summed E-state index contributed by atoms with van der Waals surface area (Å²) in [6, 6.07) is 20.9. The molecule has 0 bridgehead atoms. The molecule has 2 aromatic carbocycles. The average molecular weight is 333 g/mol. The second-order valence-electron chi connectivity index (χ2n) is 5.89. The summed E-state index contributed by atoms with van der Waals surface area (Å²) in [5, 5.41) is 2.91. The van der Waals surface area contributed by atoms with E-state index in [0.29, 0.717) is 0 Å². The fraction of sp³-hybridized carbons (Fsp3) is 0.143. The van der Waals surface area contributed by atoms with Gasteiger partial charge in [0.05, 0.1) is 0 Å². The van der Waals surface area contributed by atoms with Crippen LogP contribution in [0.5, 0.6) is 11.5 Å². The minimum absolute atomic E-state index is 0.0598. The van der Waals surface area contributed by atoms with Gasteiger partial charge in [-0.1, -0.05) is 18.2 Å². The van der Waals surface area contributed by atoms with Crippen molar-refractivity contribution in [2.75, 3.05) is 5.32 Å². The van der Waals surface area contributed by atoms with E-state index in [-0.39, 0.29) is 12.5 Å². The molecule has 1 N–H and O–H groups in total. The number of carbonyl (C=O) groups excluding carboxylic acids is 1. The highest BCUT2D eigenvalue weighted by atomic mass is 16.5. The number of nitrogens with zero attached hydrogens (tertiary/aromatic N) is 1. The van der Waals surface area contributed by atoms with Gasteiger partial charge in [-0.05, 0) is 49.4 Å². The van der Waals surface area contributed by atoms with Crippen LogP contribution in [0.3, 0.4) is 0 Å². The van der Waals surface area contributed by atoms with Gasteiger partial charge in [0.2, 0.25) is 6.54 Å². The smallest absolute Gasteiger partial charge is 0.290 e. The highest BCUT2D eigenvalue weighted by molar-refractivity contribution is 5.89. The van der Waals surface area contributed by atoms with Gasteiger partial charge in [-0.25, -0.2) is 0 Å². The van der Waals surface area contributed by atoms with E-state index in [1.165, 1.54) is 0 Å². The highest BCUT2D eigenvalue weighted by Crippen LogP contribution is 2.22. The summed E-state index contributed by atoms with van der Waals surface area (Å²) in [4.78, 5) is 12.3. The standard InChI is InChI=1S/C21H20N2O2/c1-16-7-6-14-23(17(16)2)15-21(24)22-18-10-12-20(13-11-18)25-19-8-4-3-5-9-19/h3-14H,15H2,1-2H3/p+1. The maximum absolute atomic E-state index is 12.3. The van der Waals surface area contributed by atoms with Gasteiger partial charge in [0.1, 0.15) is 11.5 Å². The van der Waals surface area contributed by atoms with Gasteiger partial charge in [-0.3, -0.25) is 4.79 Å². The average Bonchev–Trinajstić information content (AvgIpc) is 2.62. The summed E-state index contributed by atoms with van der Waals surface area (Å²) >= 11 is 0. The number of hydrogen-bond donors (Lipinski definition) is 1. The lowest BCUT2D eigenvalue weighted by Gasteiger charge is -2.08. The second kappa shape index (κ2) is 7.62. The molecule has 4 heteroatoms. The number of amides is 1. The van der Waals surface area contributed by atoms with E-state index in [0.717, 1.165) is 28.4 Å². The number of hydrogen-bond acceptors (Lipinski definition) is 2. The quantitative estimate of drug-likeness (QED) is 0.717. The number of aryl methyl sites for hydroxylation is 1. The first-order valence-electron chi connectivity index (χ1n) is 8.20. The summed E-state index contributed by atoms with van der Waals surface area (Å²) in [5.41, 5.74) is 3.00. The fourth-order valence-corrected chi connectivity index (χ4v) is 2.51. The molecule has 1 heterocycles. The Balaban J connectivity index is 1.61. The number of aromatic nitrogens is 1. The van der Waals surface area contributed by atoms with E-state index in [4.69, 9.17) is 4.74 Å². The third-order valence-corrected chi connectivity index (χ3v) is 4.04. The normalized spacial score (nSPS) is 10.3. The molecule has 0 aliphatic carbocycles. The number of ether oxygens (including phenoxy) is 1. The highest BCUT2D eigenvalue weighted by Gasteiger charge is 2.13. The predicted molar refractivity (Wildman–Crippen MR) is 97.7 cm³/mol.